The average Bonchev–Trinajstić information content (AvgIpc) is 2.60. The fourth-order valence-electron chi connectivity index (χ4n) is 2.97. The first-order valence-corrected chi connectivity index (χ1v) is 8.03. The molecule has 1 aliphatic rings. The van der Waals surface area contributed by atoms with Crippen molar-refractivity contribution >= 4 is 5.91 Å². The lowest BCUT2D eigenvalue weighted by molar-refractivity contribution is -0.165. The van der Waals surface area contributed by atoms with Gasteiger partial charge in [-0.25, -0.2) is 0 Å². The molecule has 0 aliphatic carbocycles. The monoisotopic (exact) mass is 337 g/mol. The van der Waals surface area contributed by atoms with Gasteiger partial charge < -0.3 is 19.1 Å². The Hall–Kier alpha value is -1.54. The molecule has 0 radical (unpaired) electrons. The number of carbonyl (C=O) groups excluding carboxylic acids is 1. The van der Waals surface area contributed by atoms with Crippen LogP contribution in [0.3, 0.4) is 0 Å². The second-order valence-electron chi connectivity index (χ2n) is 6.12. The van der Waals surface area contributed by atoms with Gasteiger partial charge in [0.25, 0.3) is 0 Å². The van der Waals surface area contributed by atoms with Crippen LogP contribution >= 0.6 is 0 Å². The summed E-state index contributed by atoms with van der Waals surface area (Å²) < 4.78 is 16.5. The molecule has 1 saturated heterocycles. The molecule has 7 heteroatoms. The molecule has 0 bridgehead atoms. The van der Waals surface area contributed by atoms with Gasteiger partial charge in [-0.1, -0.05) is 6.07 Å². The van der Waals surface area contributed by atoms with Crippen LogP contribution in [0.5, 0.6) is 0 Å². The van der Waals surface area contributed by atoms with Gasteiger partial charge in [0.2, 0.25) is 5.91 Å². The number of hydrogen-bond donors (Lipinski definition) is 0. The molecule has 0 saturated carbocycles. The van der Waals surface area contributed by atoms with Gasteiger partial charge >= 0.3 is 0 Å². The highest BCUT2D eigenvalue weighted by atomic mass is 16.6. The SMILES string of the molecule is CO[C@H]1[C@H](N(C)C(=O)CN(C)Cc2cccnc2)COC[C@H]1OC. The normalized spacial score (nSPS) is 24.1. The maximum absolute atomic E-state index is 12.6. The summed E-state index contributed by atoms with van der Waals surface area (Å²) in [5.41, 5.74) is 1.07. The molecule has 134 valence electrons. The molecule has 0 unspecified atom stereocenters. The van der Waals surface area contributed by atoms with Gasteiger partial charge in [-0.2, -0.15) is 0 Å². The summed E-state index contributed by atoms with van der Waals surface area (Å²) in [6.07, 6.45) is 3.19. The molecule has 0 spiro atoms. The third-order valence-corrected chi connectivity index (χ3v) is 4.36. The van der Waals surface area contributed by atoms with Gasteiger partial charge in [0.05, 0.1) is 25.8 Å². The Bertz CT molecular complexity index is 514. The minimum absolute atomic E-state index is 0.0220. The molecule has 2 rings (SSSR count). The van der Waals surface area contributed by atoms with Gasteiger partial charge in [0.1, 0.15) is 12.2 Å². The molecule has 24 heavy (non-hydrogen) atoms. The van der Waals surface area contributed by atoms with E-state index in [1.165, 1.54) is 0 Å². The van der Waals surface area contributed by atoms with Crippen molar-refractivity contribution in [2.45, 2.75) is 24.8 Å². The van der Waals surface area contributed by atoms with Crippen molar-refractivity contribution in [3.8, 4) is 0 Å². The summed E-state index contributed by atoms with van der Waals surface area (Å²) in [6.45, 7) is 1.92. The molecule has 3 atom stereocenters. The second-order valence-corrected chi connectivity index (χ2v) is 6.12. The highest BCUT2D eigenvalue weighted by Gasteiger charge is 2.38. The van der Waals surface area contributed by atoms with Crippen molar-refractivity contribution in [2.24, 2.45) is 0 Å². The number of hydrogen-bond acceptors (Lipinski definition) is 6. The molecule has 1 fully saturated rings. The van der Waals surface area contributed by atoms with Crippen molar-refractivity contribution < 1.29 is 19.0 Å². The van der Waals surface area contributed by atoms with E-state index < -0.39 is 0 Å². The Morgan fingerprint density at radius 3 is 2.75 bits per heavy atom. The smallest absolute Gasteiger partial charge is 0.236 e. The first kappa shape index (κ1) is 18.8. The largest absolute Gasteiger partial charge is 0.376 e. The van der Waals surface area contributed by atoms with E-state index in [0.29, 0.717) is 26.3 Å². The lowest BCUT2D eigenvalue weighted by Crippen LogP contribution is -2.58. The lowest BCUT2D eigenvalue weighted by atomic mass is 10.0. The van der Waals surface area contributed by atoms with Crippen molar-refractivity contribution in [2.75, 3.05) is 48.1 Å². The number of methoxy groups -OCH3 is 2. The number of aromatic nitrogens is 1. The van der Waals surface area contributed by atoms with Crippen LogP contribution in [-0.4, -0.2) is 87.0 Å². The zero-order chi connectivity index (χ0) is 17.5. The van der Waals surface area contributed by atoms with E-state index >= 15 is 0 Å². The molecule has 1 aromatic rings. The Labute approximate surface area is 143 Å². The lowest BCUT2D eigenvalue weighted by Gasteiger charge is -2.41. The maximum Gasteiger partial charge on any atom is 0.236 e. The van der Waals surface area contributed by atoms with Gasteiger partial charge in [0, 0.05) is 40.2 Å². The Balaban J connectivity index is 1.93. The predicted molar refractivity (Wildman–Crippen MR) is 89.5 cm³/mol. The number of nitrogens with zero attached hydrogens (tertiary/aromatic N) is 3. The fourth-order valence-corrected chi connectivity index (χ4v) is 2.97. The molecule has 1 aromatic heterocycles. The third kappa shape index (κ3) is 4.73. The number of pyridine rings is 1. The number of rotatable bonds is 7. The molecule has 0 N–H and O–H groups in total. The van der Waals surface area contributed by atoms with Crippen LogP contribution < -0.4 is 0 Å². The number of carbonyl (C=O) groups is 1. The van der Waals surface area contributed by atoms with Crippen LogP contribution in [0.15, 0.2) is 24.5 Å². The van der Waals surface area contributed by atoms with Crippen molar-refractivity contribution in [3.63, 3.8) is 0 Å². The minimum atomic E-state index is -0.193. The van der Waals surface area contributed by atoms with E-state index in [9.17, 15) is 4.79 Å². The van der Waals surface area contributed by atoms with Crippen LogP contribution in [-0.2, 0) is 25.5 Å². The Morgan fingerprint density at radius 2 is 2.12 bits per heavy atom. The van der Waals surface area contributed by atoms with Gasteiger partial charge in [0.15, 0.2) is 0 Å². The molecule has 0 aromatic carbocycles. The summed E-state index contributed by atoms with van der Waals surface area (Å²) in [6, 6.07) is 3.73. The minimum Gasteiger partial charge on any atom is -0.376 e. The first-order valence-electron chi connectivity index (χ1n) is 8.03. The van der Waals surface area contributed by atoms with Crippen molar-refractivity contribution in [3.05, 3.63) is 30.1 Å². The summed E-state index contributed by atoms with van der Waals surface area (Å²) >= 11 is 0. The van der Waals surface area contributed by atoms with Crippen molar-refractivity contribution in [1.29, 1.82) is 0 Å². The van der Waals surface area contributed by atoms with Gasteiger partial charge in [-0.3, -0.25) is 14.7 Å². The van der Waals surface area contributed by atoms with E-state index in [2.05, 4.69) is 4.98 Å². The average molecular weight is 337 g/mol. The van der Waals surface area contributed by atoms with Crippen LogP contribution in [0.2, 0.25) is 0 Å². The zero-order valence-corrected chi connectivity index (χ0v) is 14.8. The molecule has 1 amide bonds. The highest BCUT2D eigenvalue weighted by Crippen LogP contribution is 2.19. The topological polar surface area (TPSA) is 64.1 Å². The van der Waals surface area contributed by atoms with E-state index in [0.717, 1.165) is 5.56 Å². The highest BCUT2D eigenvalue weighted by molar-refractivity contribution is 5.78. The van der Waals surface area contributed by atoms with Gasteiger partial charge in [-0.15, -0.1) is 0 Å². The third-order valence-electron chi connectivity index (χ3n) is 4.36. The summed E-state index contributed by atoms with van der Waals surface area (Å²) in [7, 11) is 6.98. The number of ether oxygens (including phenoxy) is 3. The first-order chi connectivity index (χ1) is 11.6. The van der Waals surface area contributed by atoms with Crippen LogP contribution in [0, 0.1) is 0 Å². The number of amides is 1. The summed E-state index contributed by atoms with van der Waals surface area (Å²) in [4.78, 5) is 20.4. The molecular weight excluding hydrogens is 310 g/mol. The van der Waals surface area contributed by atoms with Crippen molar-refractivity contribution in [1.82, 2.24) is 14.8 Å². The van der Waals surface area contributed by atoms with Crippen LogP contribution in [0.1, 0.15) is 5.56 Å². The molecular formula is C17H27N3O4. The standard InChI is InChI=1S/C17H27N3O4/c1-19(9-13-6-5-7-18-8-13)10-16(21)20(2)14-11-24-12-15(22-3)17(14)23-4/h5-8,14-15,17H,9-12H2,1-4H3/t14-,15-,17+/m1/s1. The Morgan fingerprint density at radius 1 is 1.33 bits per heavy atom. The zero-order valence-electron chi connectivity index (χ0n) is 14.8. The van der Waals surface area contributed by atoms with Crippen LogP contribution in [0.4, 0.5) is 0 Å². The summed E-state index contributed by atoms with van der Waals surface area (Å²) in [5, 5.41) is 0. The van der Waals surface area contributed by atoms with E-state index in [4.69, 9.17) is 14.2 Å². The van der Waals surface area contributed by atoms with Gasteiger partial charge in [-0.05, 0) is 18.7 Å². The summed E-state index contributed by atoms with van der Waals surface area (Å²) in [5.74, 6) is 0.0220. The maximum atomic E-state index is 12.6. The Kier molecular flexibility index (Phi) is 7.11. The fraction of sp³-hybridized carbons (Fsp3) is 0.647. The predicted octanol–water partition coefficient (Wildman–Crippen LogP) is 0.401. The molecule has 7 nitrogen and oxygen atoms in total. The number of likely N-dealkylation sites (N-methyl/N-ethyl adjacent to an activating group) is 2. The second kappa shape index (κ2) is 9.08. The molecule has 2 heterocycles. The van der Waals surface area contributed by atoms with E-state index in [-0.39, 0.29) is 24.2 Å². The molecule has 1 aliphatic heterocycles. The van der Waals surface area contributed by atoms with E-state index in [1.54, 1.807) is 32.4 Å². The quantitative estimate of drug-likeness (QED) is 0.718. The van der Waals surface area contributed by atoms with Crippen LogP contribution in [0.25, 0.3) is 0 Å². The van der Waals surface area contributed by atoms with E-state index in [1.807, 2.05) is 30.3 Å².